The topological polar surface area (TPSA) is 29.1 Å². The highest BCUT2D eigenvalue weighted by molar-refractivity contribution is 5.92. The van der Waals surface area contributed by atoms with E-state index in [2.05, 4.69) is 30.4 Å². The van der Waals surface area contributed by atoms with Gasteiger partial charge >= 0.3 is 0 Å². The van der Waals surface area contributed by atoms with Crippen molar-refractivity contribution >= 4 is 11.6 Å². The third-order valence-electron chi connectivity index (χ3n) is 2.84. The molecule has 0 saturated carbocycles. The molecular formula is C13H17NO. The Bertz CT molecular complexity index is 371. The number of hydrogen-bond acceptors (Lipinski definition) is 1. The maximum Gasteiger partial charge on any atom is 0.224 e. The van der Waals surface area contributed by atoms with Crippen LogP contribution in [0.15, 0.2) is 18.2 Å². The van der Waals surface area contributed by atoms with Crippen molar-refractivity contribution in [2.75, 3.05) is 5.32 Å². The van der Waals surface area contributed by atoms with E-state index in [1.54, 1.807) is 0 Å². The molecule has 0 fully saturated rings. The number of carbonyl (C=O) groups excluding carboxylic acids is 1. The first-order valence-corrected chi connectivity index (χ1v) is 5.71. The number of aryl methyl sites for hydroxylation is 2. The Labute approximate surface area is 90.7 Å². The number of carbonyl (C=O) groups is 1. The lowest BCUT2D eigenvalue weighted by Crippen LogP contribution is -2.09. The minimum atomic E-state index is 0.155. The molecule has 80 valence electrons. The van der Waals surface area contributed by atoms with Gasteiger partial charge in [0.25, 0.3) is 0 Å². The molecule has 0 aromatic heterocycles. The van der Waals surface area contributed by atoms with Crippen LogP contribution in [0, 0.1) is 0 Å². The fourth-order valence-electron chi connectivity index (χ4n) is 2.05. The maximum absolute atomic E-state index is 11.4. The molecule has 1 aliphatic rings. The number of fused-ring (bicyclic) bond motifs is 1. The summed E-state index contributed by atoms with van der Waals surface area (Å²) in [5.74, 6) is 0.155. The zero-order valence-corrected chi connectivity index (χ0v) is 9.18. The summed E-state index contributed by atoms with van der Waals surface area (Å²) >= 11 is 0. The van der Waals surface area contributed by atoms with Crippen LogP contribution >= 0.6 is 0 Å². The highest BCUT2D eigenvalue weighted by atomic mass is 16.1. The summed E-state index contributed by atoms with van der Waals surface area (Å²) in [6.07, 6.45) is 4.86. The third kappa shape index (κ3) is 2.38. The lowest BCUT2D eigenvalue weighted by Gasteiger charge is -2.08. The van der Waals surface area contributed by atoms with Crippen LogP contribution in [-0.2, 0) is 17.6 Å². The van der Waals surface area contributed by atoms with Gasteiger partial charge in [0.2, 0.25) is 5.91 Å². The minimum Gasteiger partial charge on any atom is -0.326 e. The summed E-state index contributed by atoms with van der Waals surface area (Å²) < 4.78 is 0. The molecule has 1 heterocycles. The van der Waals surface area contributed by atoms with E-state index in [0.29, 0.717) is 6.42 Å². The summed E-state index contributed by atoms with van der Waals surface area (Å²) in [4.78, 5) is 11.4. The molecule has 1 aromatic rings. The number of hydrogen-bond donors (Lipinski definition) is 1. The molecule has 2 rings (SSSR count). The van der Waals surface area contributed by atoms with Crippen LogP contribution in [0.25, 0.3) is 0 Å². The standard InChI is InChI=1S/C13H17NO/c1-2-4-10-7-8-11-5-3-6-13(15)14-12(11)9-10/h7-9H,2-6H2,1H3,(H,14,15). The van der Waals surface area contributed by atoms with E-state index in [1.807, 2.05) is 0 Å². The van der Waals surface area contributed by atoms with Crippen molar-refractivity contribution in [3.63, 3.8) is 0 Å². The molecule has 0 radical (unpaired) electrons. The highest BCUT2D eigenvalue weighted by Crippen LogP contribution is 2.23. The van der Waals surface area contributed by atoms with Gasteiger partial charge in [-0.05, 0) is 36.5 Å². The van der Waals surface area contributed by atoms with E-state index < -0.39 is 0 Å². The van der Waals surface area contributed by atoms with Crippen molar-refractivity contribution in [1.82, 2.24) is 0 Å². The Morgan fingerprint density at radius 3 is 3.00 bits per heavy atom. The molecule has 1 N–H and O–H groups in total. The number of nitrogens with one attached hydrogen (secondary N) is 1. The van der Waals surface area contributed by atoms with Crippen molar-refractivity contribution in [2.24, 2.45) is 0 Å². The molecule has 0 saturated heterocycles. The summed E-state index contributed by atoms with van der Waals surface area (Å²) in [7, 11) is 0. The molecule has 0 unspecified atom stereocenters. The number of benzene rings is 1. The Morgan fingerprint density at radius 1 is 1.33 bits per heavy atom. The minimum absolute atomic E-state index is 0.155. The summed E-state index contributed by atoms with van der Waals surface area (Å²) in [6, 6.07) is 6.47. The van der Waals surface area contributed by atoms with Crippen LogP contribution in [0.5, 0.6) is 0 Å². The van der Waals surface area contributed by atoms with Crippen molar-refractivity contribution in [3.8, 4) is 0 Å². The molecule has 0 aliphatic carbocycles. The second kappa shape index (κ2) is 4.47. The van der Waals surface area contributed by atoms with E-state index in [0.717, 1.165) is 31.4 Å². The lowest BCUT2D eigenvalue weighted by atomic mass is 10.0. The van der Waals surface area contributed by atoms with Gasteiger partial charge < -0.3 is 5.32 Å². The van der Waals surface area contributed by atoms with E-state index in [9.17, 15) is 4.79 Å². The first kappa shape index (κ1) is 10.2. The smallest absolute Gasteiger partial charge is 0.224 e. The van der Waals surface area contributed by atoms with Crippen molar-refractivity contribution < 1.29 is 4.79 Å². The molecule has 0 spiro atoms. The average Bonchev–Trinajstić information content (AvgIpc) is 2.38. The number of amides is 1. The van der Waals surface area contributed by atoms with Crippen molar-refractivity contribution in [3.05, 3.63) is 29.3 Å². The van der Waals surface area contributed by atoms with Crippen LogP contribution in [0.1, 0.15) is 37.3 Å². The fourth-order valence-corrected chi connectivity index (χ4v) is 2.05. The second-order valence-corrected chi connectivity index (χ2v) is 4.14. The molecule has 2 heteroatoms. The molecule has 0 bridgehead atoms. The quantitative estimate of drug-likeness (QED) is 0.786. The van der Waals surface area contributed by atoms with Crippen LogP contribution in [-0.4, -0.2) is 5.91 Å². The molecule has 2 nitrogen and oxygen atoms in total. The highest BCUT2D eigenvalue weighted by Gasteiger charge is 2.12. The van der Waals surface area contributed by atoms with Crippen LogP contribution in [0.4, 0.5) is 5.69 Å². The van der Waals surface area contributed by atoms with E-state index >= 15 is 0 Å². The van der Waals surface area contributed by atoms with Gasteiger partial charge in [-0.2, -0.15) is 0 Å². The van der Waals surface area contributed by atoms with Gasteiger partial charge in [-0.25, -0.2) is 0 Å². The van der Waals surface area contributed by atoms with Gasteiger partial charge in [0.1, 0.15) is 0 Å². The molecular weight excluding hydrogens is 186 g/mol. The first-order valence-electron chi connectivity index (χ1n) is 5.71. The van der Waals surface area contributed by atoms with Gasteiger partial charge in [0, 0.05) is 12.1 Å². The fraction of sp³-hybridized carbons (Fsp3) is 0.462. The van der Waals surface area contributed by atoms with Gasteiger partial charge in [0.15, 0.2) is 0 Å². The van der Waals surface area contributed by atoms with Crippen molar-refractivity contribution in [2.45, 2.75) is 39.0 Å². The predicted molar refractivity (Wildman–Crippen MR) is 62.0 cm³/mol. The van der Waals surface area contributed by atoms with Gasteiger partial charge in [-0.1, -0.05) is 25.5 Å². The Hall–Kier alpha value is -1.31. The number of rotatable bonds is 2. The molecule has 1 amide bonds. The van der Waals surface area contributed by atoms with Gasteiger partial charge in [-0.15, -0.1) is 0 Å². The third-order valence-corrected chi connectivity index (χ3v) is 2.84. The lowest BCUT2D eigenvalue weighted by molar-refractivity contribution is -0.116. The Kier molecular flexibility index (Phi) is 3.05. The molecule has 15 heavy (non-hydrogen) atoms. The van der Waals surface area contributed by atoms with Gasteiger partial charge in [0.05, 0.1) is 0 Å². The summed E-state index contributed by atoms with van der Waals surface area (Å²) in [5.41, 5.74) is 3.63. The summed E-state index contributed by atoms with van der Waals surface area (Å²) in [5, 5.41) is 2.98. The summed E-state index contributed by atoms with van der Waals surface area (Å²) in [6.45, 7) is 2.17. The maximum atomic E-state index is 11.4. The van der Waals surface area contributed by atoms with E-state index in [-0.39, 0.29) is 5.91 Å². The van der Waals surface area contributed by atoms with Crippen LogP contribution in [0.2, 0.25) is 0 Å². The zero-order chi connectivity index (χ0) is 10.7. The SMILES string of the molecule is CCCc1ccc2c(c1)NC(=O)CCC2. The van der Waals surface area contributed by atoms with Gasteiger partial charge in [-0.3, -0.25) is 4.79 Å². The zero-order valence-electron chi connectivity index (χ0n) is 9.18. The normalized spacial score (nSPS) is 15.4. The molecule has 0 atom stereocenters. The van der Waals surface area contributed by atoms with E-state index in [1.165, 1.54) is 11.1 Å². The van der Waals surface area contributed by atoms with E-state index in [4.69, 9.17) is 0 Å². The second-order valence-electron chi connectivity index (χ2n) is 4.14. The molecule has 1 aromatic carbocycles. The largest absolute Gasteiger partial charge is 0.326 e. The monoisotopic (exact) mass is 203 g/mol. The number of anilines is 1. The van der Waals surface area contributed by atoms with Crippen molar-refractivity contribution in [1.29, 1.82) is 0 Å². The Morgan fingerprint density at radius 2 is 2.20 bits per heavy atom. The van der Waals surface area contributed by atoms with Crippen LogP contribution in [0.3, 0.4) is 0 Å². The predicted octanol–water partition coefficient (Wildman–Crippen LogP) is 2.91. The van der Waals surface area contributed by atoms with Crippen LogP contribution < -0.4 is 5.32 Å². The average molecular weight is 203 g/mol. The molecule has 1 aliphatic heterocycles. The Balaban J connectivity index is 2.28. The first-order chi connectivity index (χ1) is 7.29.